The number of nitrogens with zero attached hydrogens (tertiary/aromatic N) is 2. The lowest BCUT2D eigenvalue weighted by atomic mass is 9.95. The van der Waals surface area contributed by atoms with Crippen LogP contribution in [0.15, 0.2) is 72.8 Å². The lowest BCUT2D eigenvalue weighted by Crippen LogP contribution is -1.92. The molecule has 0 saturated heterocycles. The number of hydrogen-bond acceptors (Lipinski definition) is 2. The Balaban J connectivity index is 1.94. The molecule has 5 aromatic rings. The summed E-state index contributed by atoms with van der Waals surface area (Å²) in [7, 11) is 0. The molecule has 0 fully saturated rings. The van der Waals surface area contributed by atoms with Gasteiger partial charge >= 0.3 is 0 Å². The van der Waals surface area contributed by atoms with Gasteiger partial charge in [0.2, 0.25) is 0 Å². The highest BCUT2D eigenvalue weighted by Gasteiger charge is 2.12. The fourth-order valence-electron chi connectivity index (χ4n) is 3.59. The van der Waals surface area contributed by atoms with Crippen molar-refractivity contribution in [1.82, 2.24) is 9.97 Å². The van der Waals surface area contributed by atoms with E-state index in [-0.39, 0.29) is 0 Å². The Hall–Kier alpha value is -3.26. The summed E-state index contributed by atoms with van der Waals surface area (Å²) >= 11 is 0. The van der Waals surface area contributed by atoms with Crippen LogP contribution in [0, 0.1) is 13.8 Å². The topological polar surface area (TPSA) is 25.8 Å². The summed E-state index contributed by atoms with van der Waals surface area (Å²) < 4.78 is 0. The highest BCUT2D eigenvalue weighted by molar-refractivity contribution is 6.12. The molecule has 1 heterocycles. The second-order valence-electron chi connectivity index (χ2n) is 6.92. The summed E-state index contributed by atoms with van der Waals surface area (Å²) in [5.74, 6) is 0. The third kappa shape index (κ3) is 2.34. The lowest BCUT2D eigenvalue weighted by Gasteiger charge is -2.12. The molecular formula is C24H18N2. The standard InChI is InChI=1S/C24H18N2/c1-15-7-10-17(11-8-15)19-14-23-24(18-12-9-16(2)13-20(18)19)26-22-6-4-3-5-21(22)25-23/h3-14H,1-2H3. The van der Waals surface area contributed by atoms with Crippen LogP contribution in [-0.4, -0.2) is 9.97 Å². The molecule has 0 bridgehead atoms. The summed E-state index contributed by atoms with van der Waals surface area (Å²) in [5.41, 5.74) is 8.71. The van der Waals surface area contributed by atoms with Crippen LogP contribution in [0.1, 0.15) is 11.1 Å². The van der Waals surface area contributed by atoms with Crippen LogP contribution in [0.2, 0.25) is 0 Å². The van der Waals surface area contributed by atoms with Crippen molar-refractivity contribution in [2.45, 2.75) is 13.8 Å². The number of aryl methyl sites for hydroxylation is 2. The van der Waals surface area contributed by atoms with Crippen LogP contribution < -0.4 is 0 Å². The summed E-state index contributed by atoms with van der Waals surface area (Å²) in [6.07, 6.45) is 0. The summed E-state index contributed by atoms with van der Waals surface area (Å²) in [4.78, 5) is 9.81. The minimum atomic E-state index is 0.932. The quantitative estimate of drug-likeness (QED) is 0.269. The maximum absolute atomic E-state index is 4.92. The van der Waals surface area contributed by atoms with Gasteiger partial charge in [-0.3, -0.25) is 0 Å². The first kappa shape index (κ1) is 15.0. The van der Waals surface area contributed by atoms with E-state index < -0.39 is 0 Å². The molecule has 0 saturated carbocycles. The normalized spacial score (nSPS) is 11.5. The number of aromatic nitrogens is 2. The first-order valence-corrected chi connectivity index (χ1v) is 8.86. The third-order valence-electron chi connectivity index (χ3n) is 4.96. The van der Waals surface area contributed by atoms with Crippen molar-refractivity contribution in [3.05, 3.63) is 83.9 Å². The second-order valence-corrected chi connectivity index (χ2v) is 6.92. The van der Waals surface area contributed by atoms with Gasteiger partial charge in [-0.1, -0.05) is 65.7 Å². The number of para-hydroxylation sites is 2. The van der Waals surface area contributed by atoms with Crippen molar-refractivity contribution in [2.24, 2.45) is 0 Å². The molecule has 0 atom stereocenters. The van der Waals surface area contributed by atoms with Crippen molar-refractivity contribution in [3.63, 3.8) is 0 Å². The number of rotatable bonds is 1. The Morgan fingerprint density at radius 1 is 0.577 bits per heavy atom. The molecule has 0 amide bonds. The van der Waals surface area contributed by atoms with E-state index in [0.29, 0.717) is 0 Å². The van der Waals surface area contributed by atoms with Gasteiger partial charge in [0.25, 0.3) is 0 Å². The van der Waals surface area contributed by atoms with Crippen LogP contribution >= 0.6 is 0 Å². The van der Waals surface area contributed by atoms with E-state index in [0.717, 1.165) is 27.5 Å². The van der Waals surface area contributed by atoms with Crippen LogP contribution in [0.5, 0.6) is 0 Å². The predicted molar refractivity (Wildman–Crippen MR) is 109 cm³/mol. The first-order chi connectivity index (χ1) is 12.7. The van der Waals surface area contributed by atoms with Crippen LogP contribution in [0.25, 0.3) is 44.0 Å². The highest BCUT2D eigenvalue weighted by Crippen LogP contribution is 2.35. The van der Waals surface area contributed by atoms with Crippen molar-refractivity contribution in [3.8, 4) is 11.1 Å². The van der Waals surface area contributed by atoms with E-state index in [1.165, 1.54) is 27.6 Å². The molecule has 124 valence electrons. The molecule has 1 aromatic heterocycles. The highest BCUT2D eigenvalue weighted by atomic mass is 14.8. The average Bonchev–Trinajstić information content (AvgIpc) is 2.66. The summed E-state index contributed by atoms with van der Waals surface area (Å²) in [5, 5.41) is 2.38. The van der Waals surface area contributed by atoms with Gasteiger partial charge in [0, 0.05) is 5.39 Å². The Morgan fingerprint density at radius 3 is 2.04 bits per heavy atom. The van der Waals surface area contributed by atoms with Gasteiger partial charge in [0.15, 0.2) is 0 Å². The van der Waals surface area contributed by atoms with Gasteiger partial charge in [-0.05, 0) is 48.6 Å². The monoisotopic (exact) mass is 334 g/mol. The van der Waals surface area contributed by atoms with Crippen LogP contribution in [0.3, 0.4) is 0 Å². The largest absolute Gasteiger partial charge is 0.244 e. The van der Waals surface area contributed by atoms with E-state index in [9.17, 15) is 0 Å². The maximum Gasteiger partial charge on any atom is 0.0973 e. The predicted octanol–water partition coefficient (Wildman–Crippen LogP) is 6.22. The van der Waals surface area contributed by atoms with Crippen molar-refractivity contribution < 1.29 is 0 Å². The van der Waals surface area contributed by atoms with Gasteiger partial charge in [-0.25, -0.2) is 9.97 Å². The molecule has 5 rings (SSSR count). The zero-order valence-electron chi connectivity index (χ0n) is 14.8. The third-order valence-corrected chi connectivity index (χ3v) is 4.96. The minimum Gasteiger partial charge on any atom is -0.244 e. The Morgan fingerprint density at radius 2 is 1.27 bits per heavy atom. The van der Waals surface area contributed by atoms with Gasteiger partial charge in [0.1, 0.15) is 0 Å². The van der Waals surface area contributed by atoms with Crippen molar-refractivity contribution in [2.75, 3.05) is 0 Å². The first-order valence-electron chi connectivity index (χ1n) is 8.86. The molecule has 26 heavy (non-hydrogen) atoms. The van der Waals surface area contributed by atoms with Crippen LogP contribution in [0.4, 0.5) is 0 Å². The Labute approximate surface area is 152 Å². The molecule has 2 heteroatoms. The fraction of sp³-hybridized carbons (Fsp3) is 0.0833. The Kier molecular flexibility index (Phi) is 3.26. The lowest BCUT2D eigenvalue weighted by molar-refractivity contribution is 1.40. The van der Waals surface area contributed by atoms with Gasteiger partial charge in [-0.15, -0.1) is 0 Å². The molecule has 0 aliphatic rings. The van der Waals surface area contributed by atoms with E-state index in [4.69, 9.17) is 9.97 Å². The zero-order chi connectivity index (χ0) is 17.7. The van der Waals surface area contributed by atoms with E-state index in [1.807, 2.05) is 24.3 Å². The number of fused-ring (bicyclic) bond motifs is 4. The molecule has 0 radical (unpaired) electrons. The molecule has 2 nitrogen and oxygen atoms in total. The molecule has 0 unspecified atom stereocenters. The van der Waals surface area contributed by atoms with Gasteiger partial charge in [-0.2, -0.15) is 0 Å². The van der Waals surface area contributed by atoms with E-state index in [1.54, 1.807) is 0 Å². The fourth-order valence-corrected chi connectivity index (χ4v) is 3.59. The van der Waals surface area contributed by atoms with E-state index in [2.05, 4.69) is 62.4 Å². The minimum absolute atomic E-state index is 0.932. The average molecular weight is 334 g/mol. The van der Waals surface area contributed by atoms with Gasteiger partial charge < -0.3 is 0 Å². The molecule has 4 aromatic carbocycles. The van der Waals surface area contributed by atoms with Crippen LogP contribution in [-0.2, 0) is 0 Å². The van der Waals surface area contributed by atoms with E-state index >= 15 is 0 Å². The molecule has 0 aliphatic carbocycles. The molecule has 0 spiro atoms. The summed E-state index contributed by atoms with van der Waals surface area (Å²) in [6.45, 7) is 4.25. The second kappa shape index (κ2) is 5.63. The molecular weight excluding hydrogens is 316 g/mol. The zero-order valence-corrected chi connectivity index (χ0v) is 14.8. The molecule has 0 N–H and O–H groups in total. The number of hydrogen-bond donors (Lipinski definition) is 0. The molecule has 0 aliphatic heterocycles. The summed E-state index contributed by atoms with van der Waals surface area (Å²) in [6, 6.07) is 25.5. The maximum atomic E-state index is 4.92. The SMILES string of the molecule is Cc1ccc(-c2cc3nc4ccccc4nc3c3ccc(C)cc23)cc1. The Bertz CT molecular complexity index is 1280. The van der Waals surface area contributed by atoms with Gasteiger partial charge in [0.05, 0.1) is 22.1 Å². The smallest absolute Gasteiger partial charge is 0.0973 e. The number of benzene rings is 4. The van der Waals surface area contributed by atoms with Crippen molar-refractivity contribution >= 4 is 32.8 Å². The van der Waals surface area contributed by atoms with Crippen molar-refractivity contribution in [1.29, 1.82) is 0 Å².